The second-order valence-electron chi connectivity index (χ2n) is 7.27. The third kappa shape index (κ3) is 4.57. The van der Waals surface area contributed by atoms with Gasteiger partial charge in [0.1, 0.15) is 13.2 Å². The molecule has 1 amide bonds. The average molecular weight is 437 g/mol. The molecule has 0 unspecified atom stereocenters. The molecule has 7 nitrogen and oxygen atoms in total. The Morgan fingerprint density at radius 1 is 1.17 bits per heavy atom. The van der Waals surface area contributed by atoms with Crippen molar-refractivity contribution in [3.05, 3.63) is 40.6 Å². The van der Waals surface area contributed by atoms with Crippen molar-refractivity contribution in [3.8, 4) is 11.5 Å². The summed E-state index contributed by atoms with van der Waals surface area (Å²) >= 11 is 1.61. The normalized spacial score (nSPS) is 17.8. The first kappa shape index (κ1) is 20.2. The Kier molecular flexibility index (Phi) is 5.80. The summed E-state index contributed by atoms with van der Waals surface area (Å²) in [5.41, 5.74) is 0.762. The molecule has 0 spiro atoms. The molecule has 3 heterocycles. The number of thiophene rings is 1. The standard InChI is InChI=1S/C20H24N2O5S2/c1-29(24,25)21-8-6-15(7-9-21)20(23)22(14-17-3-2-12-28-17)16-4-5-18-19(13-16)27-11-10-26-18/h2-5,12-13,15H,6-11,14H2,1H3. The predicted molar refractivity (Wildman–Crippen MR) is 112 cm³/mol. The Balaban J connectivity index is 1.57. The van der Waals surface area contributed by atoms with Gasteiger partial charge >= 0.3 is 0 Å². The van der Waals surface area contributed by atoms with Crippen molar-refractivity contribution < 1.29 is 22.7 Å². The number of sulfonamides is 1. The first-order valence-corrected chi connectivity index (χ1v) is 12.3. The lowest BCUT2D eigenvalue weighted by Gasteiger charge is -2.33. The molecule has 2 aliphatic rings. The summed E-state index contributed by atoms with van der Waals surface area (Å²) in [6.07, 6.45) is 2.27. The highest BCUT2D eigenvalue weighted by atomic mass is 32.2. The number of amides is 1. The molecule has 1 aromatic heterocycles. The van der Waals surface area contributed by atoms with Crippen LogP contribution in [0.15, 0.2) is 35.7 Å². The highest BCUT2D eigenvalue weighted by molar-refractivity contribution is 7.88. The number of rotatable bonds is 5. The van der Waals surface area contributed by atoms with Gasteiger partial charge in [-0.15, -0.1) is 11.3 Å². The number of carbonyl (C=O) groups excluding carboxylic acids is 1. The Hall–Kier alpha value is -2.10. The summed E-state index contributed by atoms with van der Waals surface area (Å²) in [5, 5.41) is 1.99. The fourth-order valence-corrected chi connectivity index (χ4v) is 5.28. The molecule has 29 heavy (non-hydrogen) atoms. The van der Waals surface area contributed by atoms with Gasteiger partial charge in [-0.25, -0.2) is 12.7 Å². The van der Waals surface area contributed by atoms with Gasteiger partial charge in [0.05, 0.1) is 12.8 Å². The molecule has 0 saturated carbocycles. The van der Waals surface area contributed by atoms with E-state index in [0.717, 1.165) is 10.6 Å². The highest BCUT2D eigenvalue weighted by Gasteiger charge is 2.32. The van der Waals surface area contributed by atoms with Gasteiger partial charge < -0.3 is 14.4 Å². The first-order chi connectivity index (χ1) is 13.9. The van der Waals surface area contributed by atoms with E-state index in [-0.39, 0.29) is 11.8 Å². The Morgan fingerprint density at radius 2 is 1.90 bits per heavy atom. The average Bonchev–Trinajstić information content (AvgIpc) is 3.24. The van der Waals surface area contributed by atoms with Crippen LogP contribution in [-0.4, -0.2) is 51.2 Å². The number of nitrogens with zero attached hydrogens (tertiary/aromatic N) is 2. The van der Waals surface area contributed by atoms with Crippen LogP contribution in [0, 0.1) is 5.92 Å². The van der Waals surface area contributed by atoms with Crippen LogP contribution in [0.25, 0.3) is 0 Å². The second kappa shape index (κ2) is 8.33. The van der Waals surface area contributed by atoms with Crippen LogP contribution in [-0.2, 0) is 21.4 Å². The highest BCUT2D eigenvalue weighted by Crippen LogP contribution is 2.36. The fourth-order valence-electron chi connectivity index (χ4n) is 3.71. The lowest BCUT2D eigenvalue weighted by Crippen LogP contribution is -2.44. The molecule has 156 valence electrons. The van der Waals surface area contributed by atoms with Gasteiger partial charge in [-0.1, -0.05) is 6.07 Å². The first-order valence-electron chi connectivity index (χ1n) is 9.60. The lowest BCUT2D eigenvalue weighted by atomic mass is 9.96. The molecule has 0 aliphatic carbocycles. The van der Waals surface area contributed by atoms with E-state index in [2.05, 4.69) is 0 Å². The van der Waals surface area contributed by atoms with E-state index in [1.54, 1.807) is 16.2 Å². The third-order valence-electron chi connectivity index (χ3n) is 5.27. The van der Waals surface area contributed by atoms with Crippen LogP contribution < -0.4 is 14.4 Å². The Bertz CT molecular complexity index is 967. The molecule has 0 N–H and O–H groups in total. The molecule has 0 bridgehead atoms. The minimum absolute atomic E-state index is 0.0169. The minimum atomic E-state index is -3.22. The summed E-state index contributed by atoms with van der Waals surface area (Å²) in [7, 11) is -3.22. The van der Waals surface area contributed by atoms with Crippen LogP contribution in [0.1, 0.15) is 17.7 Å². The topological polar surface area (TPSA) is 76.2 Å². The van der Waals surface area contributed by atoms with E-state index < -0.39 is 10.0 Å². The summed E-state index contributed by atoms with van der Waals surface area (Å²) in [5.74, 6) is 1.14. The molecule has 0 atom stereocenters. The monoisotopic (exact) mass is 436 g/mol. The number of hydrogen-bond donors (Lipinski definition) is 0. The van der Waals surface area contributed by atoms with Crippen LogP contribution in [0.3, 0.4) is 0 Å². The van der Waals surface area contributed by atoms with Gasteiger partial charge in [-0.3, -0.25) is 4.79 Å². The number of anilines is 1. The number of ether oxygens (including phenoxy) is 2. The maximum Gasteiger partial charge on any atom is 0.230 e. The molecule has 1 saturated heterocycles. The predicted octanol–water partition coefficient (Wildman–Crippen LogP) is 2.72. The van der Waals surface area contributed by atoms with Crippen molar-refractivity contribution in [2.75, 3.05) is 37.5 Å². The lowest BCUT2D eigenvalue weighted by molar-refractivity contribution is -0.123. The Morgan fingerprint density at radius 3 is 2.55 bits per heavy atom. The quantitative estimate of drug-likeness (QED) is 0.720. The van der Waals surface area contributed by atoms with Crippen LogP contribution in [0.5, 0.6) is 11.5 Å². The minimum Gasteiger partial charge on any atom is -0.486 e. The number of fused-ring (bicyclic) bond motifs is 1. The van der Waals surface area contributed by atoms with Crippen LogP contribution >= 0.6 is 11.3 Å². The van der Waals surface area contributed by atoms with E-state index in [4.69, 9.17) is 9.47 Å². The number of carbonyl (C=O) groups is 1. The summed E-state index contributed by atoms with van der Waals surface area (Å²) in [6, 6.07) is 9.55. The molecule has 0 radical (unpaired) electrons. The van der Waals surface area contributed by atoms with Crippen molar-refractivity contribution in [2.45, 2.75) is 19.4 Å². The van der Waals surface area contributed by atoms with Gasteiger partial charge in [0, 0.05) is 35.6 Å². The SMILES string of the molecule is CS(=O)(=O)N1CCC(C(=O)N(Cc2cccs2)c2ccc3c(c2)OCCO3)CC1. The molecule has 1 aromatic carbocycles. The van der Waals surface area contributed by atoms with Crippen LogP contribution in [0.2, 0.25) is 0 Å². The molecular weight excluding hydrogens is 412 g/mol. The zero-order chi connectivity index (χ0) is 20.4. The van der Waals surface area contributed by atoms with E-state index in [0.29, 0.717) is 57.2 Å². The van der Waals surface area contributed by atoms with Crippen molar-refractivity contribution in [1.29, 1.82) is 0 Å². The van der Waals surface area contributed by atoms with E-state index in [1.165, 1.54) is 10.6 Å². The Labute approximate surface area is 174 Å². The molecule has 9 heteroatoms. The molecular formula is C20H24N2O5S2. The summed E-state index contributed by atoms with van der Waals surface area (Å²) in [6.45, 7) is 2.23. The van der Waals surface area contributed by atoms with Gasteiger partial charge in [-0.2, -0.15) is 0 Å². The van der Waals surface area contributed by atoms with E-state index >= 15 is 0 Å². The van der Waals surface area contributed by atoms with Gasteiger partial charge in [0.2, 0.25) is 15.9 Å². The van der Waals surface area contributed by atoms with Crippen molar-refractivity contribution >= 4 is 33.0 Å². The largest absolute Gasteiger partial charge is 0.486 e. The van der Waals surface area contributed by atoms with E-state index in [1.807, 2.05) is 35.7 Å². The maximum atomic E-state index is 13.4. The number of benzene rings is 1. The van der Waals surface area contributed by atoms with Gasteiger partial charge in [0.15, 0.2) is 11.5 Å². The van der Waals surface area contributed by atoms with Crippen molar-refractivity contribution in [2.24, 2.45) is 5.92 Å². The van der Waals surface area contributed by atoms with Gasteiger partial charge in [0.25, 0.3) is 0 Å². The molecule has 2 aliphatic heterocycles. The van der Waals surface area contributed by atoms with Crippen molar-refractivity contribution in [1.82, 2.24) is 4.31 Å². The summed E-state index contributed by atoms with van der Waals surface area (Å²) < 4.78 is 36.3. The number of piperidine rings is 1. The van der Waals surface area contributed by atoms with Crippen molar-refractivity contribution in [3.63, 3.8) is 0 Å². The van der Waals surface area contributed by atoms with Gasteiger partial charge in [-0.05, 0) is 36.4 Å². The summed E-state index contributed by atoms with van der Waals surface area (Å²) in [4.78, 5) is 16.3. The second-order valence-corrected chi connectivity index (χ2v) is 10.3. The van der Waals surface area contributed by atoms with E-state index in [9.17, 15) is 13.2 Å². The fraction of sp³-hybridized carbons (Fsp3) is 0.450. The third-order valence-corrected chi connectivity index (χ3v) is 7.43. The maximum absolute atomic E-state index is 13.4. The number of hydrogen-bond acceptors (Lipinski definition) is 6. The smallest absolute Gasteiger partial charge is 0.230 e. The molecule has 4 rings (SSSR count). The van der Waals surface area contributed by atoms with Crippen LogP contribution in [0.4, 0.5) is 5.69 Å². The zero-order valence-electron chi connectivity index (χ0n) is 16.2. The zero-order valence-corrected chi connectivity index (χ0v) is 17.9. The molecule has 2 aromatic rings. The molecule has 1 fully saturated rings.